The fraction of sp³-hybridized carbons (Fsp3) is 0.346. The summed E-state index contributed by atoms with van der Waals surface area (Å²) < 4.78 is 0. The fourth-order valence-corrected chi connectivity index (χ4v) is 3.88. The van der Waals surface area contributed by atoms with Gasteiger partial charge in [-0.15, -0.1) is 0 Å². The Morgan fingerprint density at radius 1 is 1.20 bits per heavy atom. The third kappa shape index (κ3) is 7.07. The molecule has 0 atom stereocenters. The highest BCUT2D eigenvalue weighted by Crippen LogP contribution is 2.40. The summed E-state index contributed by atoms with van der Waals surface area (Å²) in [6.07, 6.45) is 15.5. The Hall–Kier alpha value is -2.52. The molecule has 0 radical (unpaired) electrons. The summed E-state index contributed by atoms with van der Waals surface area (Å²) in [5, 5.41) is 12.4. The number of benzene rings is 1. The molecule has 1 aromatic carbocycles. The highest BCUT2D eigenvalue weighted by atomic mass is 35.5. The van der Waals surface area contributed by atoms with Gasteiger partial charge >= 0.3 is 0 Å². The second-order valence-electron chi connectivity index (χ2n) is 8.58. The first-order chi connectivity index (χ1) is 14.1. The number of halogens is 1. The first kappa shape index (κ1) is 23.8. The van der Waals surface area contributed by atoms with E-state index in [0.717, 1.165) is 11.1 Å². The monoisotopic (exact) mass is 425 g/mol. The van der Waals surface area contributed by atoms with Crippen molar-refractivity contribution in [1.29, 1.82) is 0 Å². The number of hydrogen-bond acceptors (Lipinski definition) is 2. The Kier molecular flexibility index (Phi) is 8.31. The van der Waals surface area contributed by atoms with Crippen molar-refractivity contribution in [2.24, 2.45) is 5.41 Å². The molecule has 4 heteroatoms. The predicted molar refractivity (Wildman–Crippen MR) is 128 cm³/mol. The maximum Gasteiger partial charge on any atom is 0.248 e. The van der Waals surface area contributed by atoms with E-state index in [9.17, 15) is 9.90 Å². The van der Waals surface area contributed by atoms with Crippen molar-refractivity contribution in [3.63, 3.8) is 0 Å². The molecule has 0 aromatic heterocycles. The van der Waals surface area contributed by atoms with Gasteiger partial charge in [0.1, 0.15) is 5.75 Å². The van der Waals surface area contributed by atoms with Crippen molar-refractivity contribution in [1.82, 2.24) is 0 Å². The zero-order chi connectivity index (χ0) is 22.3. The third-order valence-corrected chi connectivity index (χ3v) is 5.66. The van der Waals surface area contributed by atoms with Crippen LogP contribution < -0.4 is 5.32 Å². The summed E-state index contributed by atoms with van der Waals surface area (Å²) in [5.41, 5.74) is 5.62. The minimum Gasteiger partial charge on any atom is -0.508 e. The lowest BCUT2D eigenvalue weighted by atomic mass is 9.72. The number of phenolic OH excluding ortho intramolecular Hbond substituents is 1. The topological polar surface area (TPSA) is 49.3 Å². The summed E-state index contributed by atoms with van der Waals surface area (Å²) in [7, 11) is 0. The summed E-state index contributed by atoms with van der Waals surface area (Å²) >= 11 is 6.01. The molecule has 0 saturated carbocycles. The van der Waals surface area contributed by atoms with Crippen LogP contribution in [0.3, 0.4) is 0 Å². The maximum atomic E-state index is 12.2. The first-order valence-electron chi connectivity index (χ1n) is 10.3. The average molecular weight is 426 g/mol. The van der Waals surface area contributed by atoms with E-state index in [4.69, 9.17) is 11.6 Å². The van der Waals surface area contributed by atoms with E-state index in [-0.39, 0.29) is 17.1 Å². The molecule has 0 saturated heterocycles. The van der Waals surface area contributed by atoms with Gasteiger partial charge in [0, 0.05) is 12.1 Å². The number of nitrogens with one attached hydrogen (secondary N) is 1. The lowest BCUT2D eigenvalue weighted by molar-refractivity contribution is -0.111. The largest absolute Gasteiger partial charge is 0.508 e. The Labute approximate surface area is 185 Å². The maximum absolute atomic E-state index is 12.2. The van der Waals surface area contributed by atoms with E-state index >= 15 is 0 Å². The molecule has 2 N–H and O–H groups in total. The number of amides is 1. The molecule has 160 valence electrons. The quantitative estimate of drug-likeness (QED) is 0.281. The normalized spacial score (nSPS) is 17.8. The second-order valence-corrected chi connectivity index (χ2v) is 8.98. The molecule has 0 heterocycles. The average Bonchev–Trinajstić information content (AvgIpc) is 2.63. The zero-order valence-corrected chi connectivity index (χ0v) is 19.3. The van der Waals surface area contributed by atoms with E-state index in [0.29, 0.717) is 10.7 Å². The summed E-state index contributed by atoms with van der Waals surface area (Å²) in [4.78, 5) is 12.2. The molecule has 0 aliphatic heterocycles. The lowest BCUT2D eigenvalue weighted by Gasteiger charge is -2.32. The van der Waals surface area contributed by atoms with Gasteiger partial charge in [-0.05, 0) is 68.7 Å². The van der Waals surface area contributed by atoms with Crippen LogP contribution in [0.1, 0.15) is 53.9 Å². The Bertz CT molecular complexity index is 946. The number of carbonyl (C=O) groups is 1. The third-order valence-electron chi connectivity index (χ3n) is 5.34. The Morgan fingerprint density at radius 2 is 1.93 bits per heavy atom. The number of anilines is 1. The molecule has 0 bridgehead atoms. The molecule has 1 aliphatic rings. The number of rotatable bonds is 6. The standard InChI is InChI=1S/C26H32ClNO2/c1-18(11-13-22-20(3)10-7-15-26(22,4)5)8-6-9-19(2)16-25(30)28-24-14-12-21(29)17-23(24)27/h6,8-9,11-14,16-17,29H,7,10,15H2,1-5H3,(H,28,30)/b9-6+,13-11+,18-8+,19-16+. The zero-order valence-electron chi connectivity index (χ0n) is 18.6. The smallest absolute Gasteiger partial charge is 0.248 e. The summed E-state index contributed by atoms with van der Waals surface area (Å²) in [6.45, 7) is 10.8. The van der Waals surface area contributed by atoms with Crippen molar-refractivity contribution in [3.05, 3.63) is 82.0 Å². The number of phenols is 1. The van der Waals surface area contributed by atoms with Gasteiger partial charge in [-0.25, -0.2) is 0 Å². The highest BCUT2D eigenvalue weighted by molar-refractivity contribution is 6.34. The first-order valence-corrected chi connectivity index (χ1v) is 10.7. The molecule has 0 spiro atoms. The number of aromatic hydroxyl groups is 1. The van der Waals surface area contributed by atoms with E-state index in [2.05, 4.69) is 45.2 Å². The number of allylic oxidation sites excluding steroid dienone is 9. The van der Waals surface area contributed by atoms with E-state index in [1.54, 1.807) is 6.07 Å². The molecule has 30 heavy (non-hydrogen) atoms. The van der Waals surface area contributed by atoms with Crippen LogP contribution in [0.5, 0.6) is 5.75 Å². The second kappa shape index (κ2) is 10.5. The van der Waals surface area contributed by atoms with E-state index < -0.39 is 0 Å². The molecule has 3 nitrogen and oxygen atoms in total. The predicted octanol–water partition coefficient (Wildman–Crippen LogP) is 7.52. The molecule has 2 rings (SSSR count). The van der Waals surface area contributed by atoms with Crippen LogP contribution in [0.2, 0.25) is 5.02 Å². The van der Waals surface area contributed by atoms with Gasteiger partial charge in [0.2, 0.25) is 5.91 Å². The van der Waals surface area contributed by atoms with Gasteiger partial charge in [-0.1, -0.05) is 67.0 Å². The van der Waals surface area contributed by atoms with Crippen LogP contribution in [0.4, 0.5) is 5.69 Å². The molecule has 1 amide bonds. The molecule has 1 aromatic rings. The Morgan fingerprint density at radius 3 is 2.60 bits per heavy atom. The van der Waals surface area contributed by atoms with Crippen molar-refractivity contribution < 1.29 is 9.90 Å². The lowest BCUT2D eigenvalue weighted by Crippen LogP contribution is -2.19. The van der Waals surface area contributed by atoms with Crippen molar-refractivity contribution >= 4 is 23.2 Å². The van der Waals surface area contributed by atoms with Gasteiger partial charge in [0.25, 0.3) is 0 Å². The fourth-order valence-electron chi connectivity index (χ4n) is 3.66. The molecular formula is C26H32ClNO2. The van der Waals surface area contributed by atoms with Gasteiger partial charge in [-0.3, -0.25) is 4.79 Å². The van der Waals surface area contributed by atoms with Crippen LogP contribution in [0.25, 0.3) is 0 Å². The van der Waals surface area contributed by atoms with Crippen molar-refractivity contribution in [2.45, 2.75) is 53.9 Å². The highest BCUT2D eigenvalue weighted by Gasteiger charge is 2.26. The SMILES string of the molecule is CC1=C(/C=C/C(C)=C/C=C/C(C)=C/C(=O)Nc2ccc(O)cc2Cl)C(C)(C)CCC1. The summed E-state index contributed by atoms with van der Waals surface area (Å²) in [6, 6.07) is 4.43. The van der Waals surface area contributed by atoms with Crippen LogP contribution in [-0.2, 0) is 4.79 Å². The van der Waals surface area contributed by atoms with Crippen LogP contribution in [-0.4, -0.2) is 11.0 Å². The minimum absolute atomic E-state index is 0.0577. The van der Waals surface area contributed by atoms with Gasteiger partial charge in [-0.2, -0.15) is 0 Å². The number of hydrogen-bond donors (Lipinski definition) is 2. The molecular weight excluding hydrogens is 394 g/mol. The molecule has 0 unspecified atom stereocenters. The van der Waals surface area contributed by atoms with Crippen LogP contribution in [0, 0.1) is 5.41 Å². The van der Waals surface area contributed by atoms with Crippen LogP contribution >= 0.6 is 11.6 Å². The summed E-state index contributed by atoms with van der Waals surface area (Å²) in [5.74, 6) is -0.213. The van der Waals surface area contributed by atoms with Gasteiger partial charge < -0.3 is 10.4 Å². The van der Waals surface area contributed by atoms with E-state index in [1.807, 2.05) is 25.2 Å². The van der Waals surface area contributed by atoms with Crippen LogP contribution in [0.15, 0.2) is 76.9 Å². The Balaban J connectivity index is 1.98. The van der Waals surface area contributed by atoms with Gasteiger partial charge in [0.05, 0.1) is 10.7 Å². The molecule has 0 fully saturated rings. The van der Waals surface area contributed by atoms with Crippen molar-refractivity contribution in [3.8, 4) is 5.75 Å². The minimum atomic E-state index is -0.271. The molecule has 1 aliphatic carbocycles. The number of carbonyl (C=O) groups excluding carboxylic acids is 1. The van der Waals surface area contributed by atoms with E-state index in [1.165, 1.54) is 48.6 Å². The van der Waals surface area contributed by atoms with Gasteiger partial charge in [0.15, 0.2) is 0 Å². The van der Waals surface area contributed by atoms with Crippen molar-refractivity contribution in [2.75, 3.05) is 5.32 Å².